The first-order valence-electron chi connectivity index (χ1n) is 8.95. The summed E-state index contributed by atoms with van der Waals surface area (Å²) in [7, 11) is 0. The molecule has 1 atom stereocenters. The number of hydrogen-bond donors (Lipinski definition) is 0. The lowest BCUT2D eigenvalue weighted by atomic mass is 10.1. The summed E-state index contributed by atoms with van der Waals surface area (Å²) in [4.78, 5) is 18.6. The maximum absolute atomic E-state index is 12.3. The SMILES string of the molecule is O=[N+]([O-])c1cn2c(n1)OC[C@H](OCc1cccc(-c3ccc(OC(F)F)cc3)n1)C2. The molecular formula is C19H16F2N4O5. The van der Waals surface area contributed by atoms with Gasteiger partial charge in [-0.2, -0.15) is 8.78 Å². The van der Waals surface area contributed by atoms with Crippen LogP contribution < -0.4 is 9.47 Å². The minimum absolute atomic E-state index is 0.0737. The number of nitro groups is 1. The van der Waals surface area contributed by atoms with Gasteiger partial charge in [-0.15, -0.1) is 0 Å². The minimum Gasteiger partial charge on any atom is -0.443 e. The maximum Gasteiger partial charge on any atom is 0.414 e. The van der Waals surface area contributed by atoms with E-state index >= 15 is 0 Å². The van der Waals surface area contributed by atoms with E-state index in [4.69, 9.17) is 9.47 Å². The summed E-state index contributed by atoms with van der Waals surface area (Å²) in [6, 6.07) is 11.8. The number of imidazole rings is 1. The first kappa shape index (κ1) is 19.7. The molecule has 0 radical (unpaired) electrons. The molecule has 0 spiro atoms. The van der Waals surface area contributed by atoms with Crippen LogP contribution in [0.3, 0.4) is 0 Å². The first-order chi connectivity index (χ1) is 14.5. The molecule has 11 heteroatoms. The van der Waals surface area contributed by atoms with Crippen molar-refractivity contribution in [2.24, 2.45) is 0 Å². The monoisotopic (exact) mass is 418 g/mol. The average molecular weight is 418 g/mol. The van der Waals surface area contributed by atoms with Gasteiger partial charge in [-0.05, 0) is 41.3 Å². The van der Waals surface area contributed by atoms with Gasteiger partial charge in [0, 0.05) is 10.5 Å². The summed E-state index contributed by atoms with van der Waals surface area (Å²) < 4.78 is 41.7. The van der Waals surface area contributed by atoms with Crippen LogP contribution in [0.4, 0.5) is 14.6 Å². The van der Waals surface area contributed by atoms with E-state index in [1.54, 1.807) is 28.8 Å². The number of fused-ring (bicyclic) bond motifs is 1. The standard InChI is InChI=1S/C19H16F2N4O5/c20-18(21)30-14-6-4-12(5-7-14)16-3-1-2-13(22-16)10-28-15-8-24-9-17(25(26)27)23-19(24)29-11-15/h1-7,9,15,18H,8,10-11H2/t15-/m1/s1. The highest BCUT2D eigenvalue weighted by atomic mass is 19.3. The molecule has 3 heterocycles. The zero-order valence-electron chi connectivity index (χ0n) is 15.5. The van der Waals surface area contributed by atoms with Gasteiger partial charge >= 0.3 is 18.4 Å². The van der Waals surface area contributed by atoms with Crippen LogP contribution in [-0.2, 0) is 17.9 Å². The molecule has 0 saturated heterocycles. The Morgan fingerprint density at radius 1 is 1.23 bits per heavy atom. The maximum atomic E-state index is 12.3. The largest absolute Gasteiger partial charge is 0.443 e. The van der Waals surface area contributed by atoms with Crippen LogP contribution in [0.5, 0.6) is 11.8 Å². The number of rotatable bonds is 7. The van der Waals surface area contributed by atoms with Crippen LogP contribution in [-0.4, -0.2) is 38.8 Å². The summed E-state index contributed by atoms with van der Waals surface area (Å²) in [5.74, 6) is -0.199. The molecular weight excluding hydrogens is 402 g/mol. The Balaban J connectivity index is 1.38. The van der Waals surface area contributed by atoms with Gasteiger partial charge in [0.2, 0.25) is 0 Å². The Labute approximate surface area is 169 Å². The summed E-state index contributed by atoms with van der Waals surface area (Å²) in [6.45, 7) is -2.07. The fourth-order valence-corrected chi connectivity index (χ4v) is 2.99. The van der Waals surface area contributed by atoms with Crippen molar-refractivity contribution in [3.8, 4) is 23.0 Å². The van der Waals surface area contributed by atoms with Gasteiger partial charge in [-0.3, -0.25) is 9.55 Å². The van der Waals surface area contributed by atoms with E-state index in [0.29, 0.717) is 17.9 Å². The number of ether oxygens (including phenoxy) is 3. The lowest BCUT2D eigenvalue weighted by Gasteiger charge is -2.22. The molecule has 0 fully saturated rings. The zero-order chi connectivity index (χ0) is 21.1. The molecule has 0 saturated carbocycles. The van der Waals surface area contributed by atoms with Crippen molar-refractivity contribution in [3.63, 3.8) is 0 Å². The predicted octanol–water partition coefficient (Wildman–Crippen LogP) is 3.43. The van der Waals surface area contributed by atoms with Crippen LogP contribution in [0.1, 0.15) is 5.69 Å². The highest BCUT2D eigenvalue weighted by molar-refractivity contribution is 5.60. The minimum atomic E-state index is -2.87. The highest BCUT2D eigenvalue weighted by Crippen LogP contribution is 2.24. The zero-order valence-corrected chi connectivity index (χ0v) is 15.5. The van der Waals surface area contributed by atoms with Gasteiger partial charge in [0.05, 0.1) is 24.5 Å². The van der Waals surface area contributed by atoms with E-state index in [2.05, 4.69) is 14.7 Å². The second kappa shape index (κ2) is 8.41. The van der Waals surface area contributed by atoms with Gasteiger partial charge in [0.15, 0.2) is 0 Å². The number of alkyl halides is 2. The second-order valence-corrected chi connectivity index (χ2v) is 6.45. The normalized spacial score (nSPS) is 15.5. The Morgan fingerprint density at radius 2 is 2.03 bits per heavy atom. The number of nitrogens with zero attached hydrogens (tertiary/aromatic N) is 4. The van der Waals surface area contributed by atoms with Crippen molar-refractivity contribution in [1.82, 2.24) is 14.5 Å². The van der Waals surface area contributed by atoms with Crippen molar-refractivity contribution in [2.75, 3.05) is 6.61 Å². The first-order valence-corrected chi connectivity index (χ1v) is 8.95. The third-order valence-corrected chi connectivity index (χ3v) is 4.36. The number of aromatic nitrogens is 3. The van der Waals surface area contributed by atoms with E-state index in [1.165, 1.54) is 18.3 Å². The molecule has 0 unspecified atom stereocenters. The van der Waals surface area contributed by atoms with Crippen molar-refractivity contribution >= 4 is 5.82 Å². The van der Waals surface area contributed by atoms with Gasteiger partial charge in [-0.1, -0.05) is 6.07 Å². The fraction of sp³-hybridized carbons (Fsp3) is 0.263. The predicted molar refractivity (Wildman–Crippen MR) is 99.3 cm³/mol. The summed E-state index contributed by atoms with van der Waals surface area (Å²) >= 11 is 0. The number of halogens is 2. The third kappa shape index (κ3) is 4.51. The fourth-order valence-electron chi connectivity index (χ4n) is 2.99. The Hall–Kier alpha value is -3.60. The van der Waals surface area contributed by atoms with E-state index < -0.39 is 11.5 Å². The molecule has 0 aliphatic carbocycles. The molecule has 9 nitrogen and oxygen atoms in total. The van der Waals surface area contributed by atoms with Gasteiger partial charge < -0.3 is 24.3 Å². The van der Waals surface area contributed by atoms with Gasteiger partial charge in [0.1, 0.15) is 24.7 Å². The summed E-state index contributed by atoms with van der Waals surface area (Å²) in [5, 5.41) is 10.8. The lowest BCUT2D eigenvalue weighted by molar-refractivity contribution is -0.389. The highest BCUT2D eigenvalue weighted by Gasteiger charge is 2.28. The Bertz CT molecular complexity index is 1040. The average Bonchev–Trinajstić information content (AvgIpc) is 3.16. The topological polar surface area (TPSA) is 102 Å². The molecule has 1 aliphatic heterocycles. The van der Waals surface area contributed by atoms with Crippen LogP contribution in [0.15, 0.2) is 48.7 Å². The van der Waals surface area contributed by atoms with Crippen LogP contribution >= 0.6 is 0 Å². The van der Waals surface area contributed by atoms with Crippen LogP contribution in [0.25, 0.3) is 11.3 Å². The van der Waals surface area contributed by atoms with Crippen LogP contribution in [0.2, 0.25) is 0 Å². The van der Waals surface area contributed by atoms with E-state index in [1.807, 2.05) is 6.07 Å². The van der Waals surface area contributed by atoms with Crippen molar-refractivity contribution in [2.45, 2.75) is 25.9 Å². The number of benzene rings is 1. The molecule has 0 amide bonds. The smallest absolute Gasteiger partial charge is 0.414 e. The summed E-state index contributed by atoms with van der Waals surface area (Å²) in [5.41, 5.74) is 2.07. The van der Waals surface area contributed by atoms with E-state index in [9.17, 15) is 18.9 Å². The van der Waals surface area contributed by atoms with Crippen molar-refractivity contribution in [3.05, 3.63) is 64.5 Å². The molecule has 0 bridgehead atoms. The Kier molecular flexibility index (Phi) is 5.53. The number of pyridine rings is 1. The van der Waals surface area contributed by atoms with Crippen LogP contribution in [0, 0.1) is 10.1 Å². The lowest BCUT2D eigenvalue weighted by Crippen LogP contribution is -2.32. The molecule has 2 aromatic heterocycles. The summed E-state index contributed by atoms with van der Waals surface area (Å²) in [6.07, 6.45) is 0.994. The molecule has 0 N–H and O–H groups in total. The second-order valence-electron chi connectivity index (χ2n) is 6.45. The third-order valence-electron chi connectivity index (χ3n) is 4.36. The molecule has 30 heavy (non-hydrogen) atoms. The molecule has 3 aromatic rings. The molecule has 156 valence electrons. The van der Waals surface area contributed by atoms with E-state index in [0.717, 1.165) is 5.56 Å². The van der Waals surface area contributed by atoms with Crippen molar-refractivity contribution in [1.29, 1.82) is 0 Å². The Morgan fingerprint density at radius 3 is 2.77 bits per heavy atom. The number of hydrogen-bond acceptors (Lipinski definition) is 7. The quantitative estimate of drug-likeness (QED) is 0.428. The van der Waals surface area contributed by atoms with E-state index in [-0.39, 0.29) is 36.9 Å². The molecule has 4 rings (SSSR count). The molecule has 1 aliphatic rings. The molecule has 1 aromatic carbocycles. The van der Waals surface area contributed by atoms with Gasteiger partial charge in [0.25, 0.3) is 0 Å². The van der Waals surface area contributed by atoms with Gasteiger partial charge in [-0.25, -0.2) is 0 Å². The van der Waals surface area contributed by atoms with Crippen molar-refractivity contribution < 1.29 is 27.9 Å².